The average molecular weight is 392 g/mol. The highest BCUT2D eigenvalue weighted by molar-refractivity contribution is 8.00. The van der Waals surface area contributed by atoms with Gasteiger partial charge in [0.15, 0.2) is 5.16 Å². The van der Waals surface area contributed by atoms with Gasteiger partial charge in [-0.05, 0) is 50.8 Å². The summed E-state index contributed by atoms with van der Waals surface area (Å²) in [7, 11) is 0. The van der Waals surface area contributed by atoms with E-state index in [1.165, 1.54) is 11.8 Å². The van der Waals surface area contributed by atoms with Gasteiger partial charge in [0.05, 0.1) is 10.9 Å². The van der Waals surface area contributed by atoms with E-state index in [2.05, 4.69) is 20.4 Å². The molecule has 0 bridgehead atoms. The molecular weight excluding hydrogens is 370 g/mol. The number of halogens is 1. The van der Waals surface area contributed by atoms with Crippen molar-refractivity contribution < 1.29 is 4.79 Å². The zero-order valence-corrected chi connectivity index (χ0v) is 16.3. The fraction of sp³-hybridized carbons (Fsp3) is 0.500. The Hall–Kier alpha value is -1.73. The normalized spacial score (nSPS) is 18.2. The smallest absolute Gasteiger partial charge is 0.233 e. The van der Waals surface area contributed by atoms with Crippen LogP contribution in [0.3, 0.4) is 0 Å². The Kier molecular flexibility index (Phi) is 5.09. The van der Waals surface area contributed by atoms with Crippen molar-refractivity contribution >= 4 is 35.2 Å². The molecule has 1 atom stereocenters. The van der Waals surface area contributed by atoms with Crippen molar-refractivity contribution in [1.29, 1.82) is 0 Å². The molecule has 1 aromatic carbocycles. The molecule has 2 aliphatic rings. The number of hydrogen-bond donors (Lipinski definition) is 1. The molecule has 138 valence electrons. The molecule has 2 heterocycles. The van der Waals surface area contributed by atoms with Crippen LogP contribution in [0.15, 0.2) is 29.4 Å². The molecule has 1 aliphatic carbocycles. The Morgan fingerprint density at radius 3 is 2.77 bits per heavy atom. The topological polar surface area (TPSA) is 63.1 Å². The molecule has 0 unspecified atom stereocenters. The van der Waals surface area contributed by atoms with Gasteiger partial charge in [-0.3, -0.25) is 9.36 Å². The molecule has 1 saturated carbocycles. The van der Waals surface area contributed by atoms with Crippen molar-refractivity contribution in [3.63, 3.8) is 0 Å². The molecule has 1 aromatic heterocycles. The number of nitrogens with zero attached hydrogens (tertiary/aromatic N) is 4. The van der Waals surface area contributed by atoms with Gasteiger partial charge in [-0.1, -0.05) is 29.4 Å². The minimum absolute atomic E-state index is 0.0564. The lowest BCUT2D eigenvalue weighted by Gasteiger charge is -2.19. The van der Waals surface area contributed by atoms with Crippen molar-refractivity contribution in [2.75, 3.05) is 18.0 Å². The molecule has 1 aliphatic heterocycles. The summed E-state index contributed by atoms with van der Waals surface area (Å²) in [6.45, 7) is 3.86. The molecular formula is C18H22ClN5OS. The third-order valence-corrected chi connectivity index (χ3v) is 5.92. The number of thioether (sulfide) groups is 1. The molecule has 0 radical (unpaired) electrons. The minimum atomic E-state index is -0.232. The van der Waals surface area contributed by atoms with Gasteiger partial charge in [0.25, 0.3) is 0 Å². The highest BCUT2D eigenvalue weighted by atomic mass is 35.5. The standard InChI is InChI=1S/C18H22ClN5OS/c1-12(16(25)20-14-7-8-14)26-18-22-21-17(23-9-2-3-10-23)24(18)15-6-4-5-13(19)11-15/h4-6,11-12,14H,2-3,7-10H2,1H3,(H,20,25)/t12-/m1/s1. The van der Waals surface area contributed by atoms with Crippen LogP contribution in [0.1, 0.15) is 32.6 Å². The SMILES string of the molecule is C[C@@H](Sc1nnc(N2CCCC2)n1-c1cccc(Cl)c1)C(=O)NC1CC1. The molecule has 2 aromatic rings. The number of carbonyl (C=O) groups excluding carboxylic acids is 1. The van der Waals surface area contributed by atoms with E-state index in [4.69, 9.17) is 11.6 Å². The lowest BCUT2D eigenvalue weighted by Crippen LogP contribution is -2.32. The van der Waals surface area contributed by atoms with E-state index in [-0.39, 0.29) is 11.2 Å². The summed E-state index contributed by atoms with van der Waals surface area (Å²) in [5.41, 5.74) is 0.918. The number of benzene rings is 1. The van der Waals surface area contributed by atoms with E-state index >= 15 is 0 Å². The number of aromatic nitrogens is 3. The molecule has 8 heteroatoms. The van der Waals surface area contributed by atoms with Gasteiger partial charge >= 0.3 is 0 Å². The summed E-state index contributed by atoms with van der Waals surface area (Å²) < 4.78 is 2.02. The zero-order chi connectivity index (χ0) is 18.1. The molecule has 1 N–H and O–H groups in total. The Bertz CT molecular complexity index is 801. The van der Waals surface area contributed by atoms with E-state index in [0.29, 0.717) is 16.2 Å². The van der Waals surface area contributed by atoms with E-state index in [1.807, 2.05) is 35.8 Å². The zero-order valence-electron chi connectivity index (χ0n) is 14.7. The Balaban J connectivity index is 1.64. The second kappa shape index (κ2) is 7.48. The predicted octanol–water partition coefficient (Wildman–Crippen LogP) is 3.28. The van der Waals surface area contributed by atoms with Crippen LogP contribution in [0, 0.1) is 0 Å². The largest absolute Gasteiger partial charge is 0.352 e. The van der Waals surface area contributed by atoms with E-state index in [1.54, 1.807) is 0 Å². The highest BCUT2D eigenvalue weighted by Crippen LogP contribution is 2.32. The average Bonchev–Trinajstić information content (AvgIpc) is 3.10. The van der Waals surface area contributed by atoms with Crippen LogP contribution in [0.2, 0.25) is 5.02 Å². The number of amides is 1. The first kappa shape index (κ1) is 17.7. The Morgan fingerprint density at radius 1 is 1.31 bits per heavy atom. The van der Waals surface area contributed by atoms with Crippen molar-refractivity contribution in [3.05, 3.63) is 29.3 Å². The lowest BCUT2D eigenvalue weighted by atomic mass is 10.3. The quantitative estimate of drug-likeness (QED) is 0.765. The van der Waals surface area contributed by atoms with Crippen LogP contribution < -0.4 is 10.2 Å². The van der Waals surface area contributed by atoms with E-state index in [9.17, 15) is 4.79 Å². The summed E-state index contributed by atoms with van der Waals surface area (Å²) in [4.78, 5) is 14.6. The van der Waals surface area contributed by atoms with Gasteiger partial charge in [0.2, 0.25) is 11.9 Å². The molecule has 26 heavy (non-hydrogen) atoms. The maximum atomic E-state index is 12.3. The number of anilines is 1. The van der Waals surface area contributed by atoms with Crippen LogP contribution in [0.5, 0.6) is 0 Å². The Morgan fingerprint density at radius 2 is 2.08 bits per heavy atom. The second-order valence-corrected chi connectivity index (χ2v) is 8.58. The van der Waals surface area contributed by atoms with Gasteiger partial charge in [-0.2, -0.15) is 0 Å². The molecule has 0 spiro atoms. The monoisotopic (exact) mass is 391 g/mol. The summed E-state index contributed by atoms with van der Waals surface area (Å²) >= 11 is 7.64. The van der Waals surface area contributed by atoms with Gasteiger partial charge in [-0.25, -0.2) is 0 Å². The fourth-order valence-corrected chi connectivity index (χ4v) is 4.12. The van der Waals surface area contributed by atoms with Crippen LogP contribution in [-0.4, -0.2) is 45.1 Å². The number of carbonyl (C=O) groups is 1. The molecule has 6 nitrogen and oxygen atoms in total. The molecule has 4 rings (SSSR count). The summed E-state index contributed by atoms with van der Waals surface area (Å²) in [6.07, 6.45) is 4.48. The van der Waals surface area contributed by atoms with Crippen LogP contribution >= 0.6 is 23.4 Å². The minimum Gasteiger partial charge on any atom is -0.352 e. The van der Waals surface area contributed by atoms with Crippen molar-refractivity contribution in [1.82, 2.24) is 20.1 Å². The third-order valence-electron chi connectivity index (χ3n) is 4.65. The number of hydrogen-bond acceptors (Lipinski definition) is 5. The van der Waals surface area contributed by atoms with E-state index in [0.717, 1.165) is 50.4 Å². The van der Waals surface area contributed by atoms with Gasteiger partial charge in [0, 0.05) is 24.2 Å². The summed E-state index contributed by atoms with van der Waals surface area (Å²) in [6, 6.07) is 8.03. The Labute approximate surface area is 162 Å². The van der Waals surface area contributed by atoms with Crippen molar-refractivity contribution in [3.8, 4) is 5.69 Å². The van der Waals surface area contributed by atoms with Gasteiger partial charge in [-0.15, -0.1) is 10.2 Å². The molecule has 2 fully saturated rings. The first-order chi connectivity index (χ1) is 12.6. The number of rotatable bonds is 6. The maximum Gasteiger partial charge on any atom is 0.233 e. The van der Waals surface area contributed by atoms with Crippen molar-refractivity contribution in [2.45, 2.75) is 49.1 Å². The first-order valence-electron chi connectivity index (χ1n) is 9.05. The summed E-state index contributed by atoms with van der Waals surface area (Å²) in [5.74, 6) is 0.878. The second-order valence-electron chi connectivity index (χ2n) is 6.83. The predicted molar refractivity (Wildman–Crippen MR) is 104 cm³/mol. The first-order valence-corrected chi connectivity index (χ1v) is 10.3. The van der Waals surface area contributed by atoms with Crippen LogP contribution in [0.4, 0.5) is 5.95 Å². The van der Waals surface area contributed by atoms with Gasteiger partial charge in [0.1, 0.15) is 0 Å². The molecule has 1 saturated heterocycles. The summed E-state index contributed by atoms with van der Waals surface area (Å²) in [5, 5.41) is 13.0. The number of nitrogens with one attached hydrogen (secondary N) is 1. The lowest BCUT2D eigenvalue weighted by molar-refractivity contribution is -0.120. The molecule has 1 amide bonds. The van der Waals surface area contributed by atoms with Crippen LogP contribution in [0.25, 0.3) is 5.69 Å². The van der Waals surface area contributed by atoms with Gasteiger partial charge < -0.3 is 10.2 Å². The van der Waals surface area contributed by atoms with Crippen LogP contribution in [-0.2, 0) is 4.79 Å². The fourth-order valence-electron chi connectivity index (χ4n) is 3.06. The maximum absolute atomic E-state index is 12.3. The highest BCUT2D eigenvalue weighted by Gasteiger charge is 2.28. The van der Waals surface area contributed by atoms with E-state index < -0.39 is 0 Å². The third kappa shape index (κ3) is 3.83. The van der Waals surface area contributed by atoms with Crippen molar-refractivity contribution in [2.24, 2.45) is 0 Å².